The van der Waals surface area contributed by atoms with Crippen LogP contribution in [-0.2, 0) is 60.7 Å². The van der Waals surface area contributed by atoms with Crippen molar-refractivity contribution in [3.05, 3.63) is 80.5 Å². The fraction of sp³-hybridized carbons (Fsp3) is 0.367. The first kappa shape index (κ1) is 46.3. The number of hydrogen-bond acceptors (Lipinski definition) is 17. The van der Waals surface area contributed by atoms with E-state index in [1.54, 1.807) is 37.4 Å². The van der Waals surface area contributed by atoms with Gasteiger partial charge in [-0.05, 0) is 11.5 Å². The molecule has 1 aromatic carbocycles. The predicted molar refractivity (Wildman–Crippen MR) is 202 cm³/mol. The summed E-state index contributed by atoms with van der Waals surface area (Å²) < 4.78 is 53.7. The van der Waals surface area contributed by atoms with E-state index >= 15 is 0 Å². The SMILES string of the molecule is CN(Cc1ccc2cccc(B(O)O)c2n1)C(=O)Cn1cc(CCC(=O)NCC#Cc2cn([C@H]3C[C@H](O)[C@@H](COP(=O)(O)OP(=O)(O)OP(=O)(O)O)O3)c(=O)[nH]c2=O)nn1. The third-order valence-electron chi connectivity index (χ3n) is 8.30. The fourth-order valence-electron chi connectivity index (χ4n) is 5.53. The highest BCUT2D eigenvalue weighted by Gasteiger charge is 2.43. The molecule has 26 nitrogen and oxygen atoms in total. The van der Waals surface area contributed by atoms with Gasteiger partial charge in [-0.1, -0.05) is 41.3 Å². The lowest BCUT2D eigenvalue weighted by atomic mass is 9.79. The summed E-state index contributed by atoms with van der Waals surface area (Å²) in [5.74, 6) is 4.30. The van der Waals surface area contributed by atoms with Gasteiger partial charge in [0.05, 0.1) is 42.7 Å². The Morgan fingerprint density at radius 3 is 2.53 bits per heavy atom. The largest absolute Gasteiger partial charge is 0.490 e. The second-order valence-electron chi connectivity index (χ2n) is 12.9. The zero-order chi connectivity index (χ0) is 44.0. The van der Waals surface area contributed by atoms with Crippen molar-refractivity contribution < 1.29 is 75.9 Å². The maximum atomic E-state index is 12.9. The zero-order valence-electron chi connectivity index (χ0n) is 30.9. The van der Waals surface area contributed by atoms with Crippen molar-refractivity contribution in [3.63, 3.8) is 0 Å². The summed E-state index contributed by atoms with van der Waals surface area (Å²) in [6, 6.07) is 8.50. The molecule has 9 N–H and O–H groups in total. The van der Waals surface area contributed by atoms with E-state index in [9.17, 15) is 57.8 Å². The molecule has 30 heteroatoms. The van der Waals surface area contributed by atoms with E-state index in [2.05, 4.69) is 45.6 Å². The molecule has 5 atom stereocenters. The Morgan fingerprint density at radius 1 is 1.07 bits per heavy atom. The Bertz CT molecular complexity index is 2570. The van der Waals surface area contributed by atoms with Crippen molar-refractivity contribution >= 4 is 58.8 Å². The molecule has 60 heavy (non-hydrogen) atoms. The standard InChI is InChI=1S/C30H36BN8O18P3/c1-37(14-20-8-7-18-4-2-6-22(31(45)46)28(18)33-20)26(42)16-38-15-21(35-36-38)9-10-25(41)32-11-3-5-19-13-39(30(44)34-29(19)43)27-12-23(40)24(55-27)17-54-59(50,51)57-60(52,53)56-58(47,48)49/h2,4,6-8,13,15,23-24,27,40,45-46H,9-12,14,16-17H2,1H3,(H,32,41)(H,50,51)(H,52,53)(H,34,43,44)(H2,47,48,49)/t23-,24+,27+/m0/s1. The molecule has 1 aliphatic heterocycles. The van der Waals surface area contributed by atoms with Gasteiger partial charge < -0.3 is 49.7 Å². The van der Waals surface area contributed by atoms with Crippen molar-refractivity contribution in [1.82, 2.24) is 39.7 Å². The lowest BCUT2D eigenvalue weighted by molar-refractivity contribution is -0.131. The number of ether oxygens (including phenoxy) is 1. The van der Waals surface area contributed by atoms with Crippen LogP contribution < -0.4 is 22.0 Å². The summed E-state index contributed by atoms with van der Waals surface area (Å²) in [6.07, 6.45) is -1.91. The fourth-order valence-corrected chi connectivity index (χ4v) is 8.56. The van der Waals surface area contributed by atoms with Gasteiger partial charge >= 0.3 is 36.3 Å². The molecule has 2 amide bonds. The van der Waals surface area contributed by atoms with E-state index in [1.165, 1.54) is 15.8 Å². The van der Waals surface area contributed by atoms with Crippen LogP contribution in [0.3, 0.4) is 0 Å². The minimum Gasteiger partial charge on any atom is -0.423 e. The quantitative estimate of drug-likeness (QED) is 0.0292. The Hall–Kier alpha value is -4.74. The van der Waals surface area contributed by atoms with Gasteiger partial charge in [0.2, 0.25) is 11.8 Å². The second-order valence-corrected chi connectivity index (χ2v) is 17.3. The summed E-state index contributed by atoms with van der Waals surface area (Å²) in [5.41, 5.74) is -0.553. The molecule has 4 heterocycles. The van der Waals surface area contributed by atoms with Crippen LogP contribution in [-0.4, -0.2) is 120 Å². The third-order valence-corrected chi connectivity index (χ3v) is 12.1. The lowest BCUT2D eigenvalue weighted by Gasteiger charge is -2.19. The number of pyridine rings is 1. The number of fused-ring (bicyclic) bond motifs is 1. The molecular weight excluding hydrogens is 864 g/mol. The number of carbonyl (C=O) groups is 2. The maximum absolute atomic E-state index is 12.9. The highest BCUT2D eigenvalue weighted by atomic mass is 31.3. The molecule has 1 aliphatic rings. The third kappa shape index (κ3) is 13.1. The highest BCUT2D eigenvalue weighted by molar-refractivity contribution is 7.66. The Balaban J connectivity index is 1.07. The lowest BCUT2D eigenvalue weighted by Crippen LogP contribution is -2.34. The average Bonchev–Trinajstić information content (AvgIpc) is 3.75. The second kappa shape index (κ2) is 19.3. The van der Waals surface area contributed by atoms with Crippen LogP contribution >= 0.6 is 23.5 Å². The molecule has 322 valence electrons. The van der Waals surface area contributed by atoms with Gasteiger partial charge in [0.15, 0.2) is 0 Å². The maximum Gasteiger partial charge on any atom is 0.490 e. The van der Waals surface area contributed by atoms with Crippen LogP contribution in [0.1, 0.15) is 36.0 Å². The number of aliphatic hydroxyl groups excluding tert-OH is 1. The summed E-state index contributed by atoms with van der Waals surface area (Å²) in [6.45, 7) is -1.24. The number of rotatable bonds is 17. The van der Waals surface area contributed by atoms with Gasteiger partial charge in [-0.3, -0.25) is 33.4 Å². The molecule has 1 fully saturated rings. The number of carbonyl (C=O) groups excluding carboxylic acids is 2. The molecule has 0 saturated carbocycles. The van der Waals surface area contributed by atoms with E-state index in [4.69, 9.17) is 14.5 Å². The van der Waals surface area contributed by atoms with Crippen molar-refractivity contribution in [1.29, 1.82) is 0 Å². The van der Waals surface area contributed by atoms with Gasteiger partial charge in [0.1, 0.15) is 24.4 Å². The molecular formula is C30H36BN8O18P3. The van der Waals surface area contributed by atoms with Crippen LogP contribution in [0.4, 0.5) is 0 Å². The van der Waals surface area contributed by atoms with Crippen LogP contribution in [0.2, 0.25) is 0 Å². The van der Waals surface area contributed by atoms with Crippen molar-refractivity contribution in [3.8, 4) is 11.8 Å². The summed E-state index contributed by atoms with van der Waals surface area (Å²) in [4.78, 5) is 94.4. The number of aryl methyl sites for hydroxylation is 1. The Kier molecular flexibility index (Phi) is 14.9. The number of benzene rings is 1. The number of aromatic amines is 1. The van der Waals surface area contributed by atoms with E-state index in [-0.39, 0.29) is 55.8 Å². The minimum absolute atomic E-state index is 0.0393. The molecule has 0 aliphatic carbocycles. The van der Waals surface area contributed by atoms with Crippen molar-refractivity contribution in [2.24, 2.45) is 0 Å². The normalized spacial score (nSPS) is 18.6. The zero-order valence-corrected chi connectivity index (χ0v) is 33.6. The number of nitrogens with zero attached hydrogens (tertiary/aromatic N) is 6. The summed E-state index contributed by atoms with van der Waals surface area (Å²) in [7, 11) is -17.1. The van der Waals surface area contributed by atoms with E-state index in [0.717, 1.165) is 10.8 Å². The molecule has 5 rings (SSSR count). The number of hydrogen-bond donors (Lipinski definition) is 9. The number of H-pyrrole nitrogens is 1. The molecule has 4 aromatic rings. The highest BCUT2D eigenvalue weighted by Crippen LogP contribution is 2.66. The van der Waals surface area contributed by atoms with Gasteiger partial charge in [-0.25, -0.2) is 23.2 Å². The van der Waals surface area contributed by atoms with Crippen LogP contribution in [0.15, 0.2) is 52.3 Å². The Morgan fingerprint density at radius 2 is 1.82 bits per heavy atom. The van der Waals surface area contributed by atoms with E-state index in [0.29, 0.717) is 22.3 Å². The molecule has 0 bridgehead atoms. The van der Waals surface area contributed by atoms with Crippen LogP contribution in [0.25, 0.3) is 10.9 Å². The minimum atomic E-state index is -5.79. The van der Waals surface area contributed by atoms with Crippen LogP contribution in [0, 0.1) is 11.8 Å². The first-order chi connectivity index (χ1) is 28.1. The van der Waals surface area contributed by atoms with E-state index in [1.807, 2.05) is 4.98 Å². The summed E-state index contributed by atoms with van der Waals surface area (Å²) >= 11 is 0. The number of phosphoric ester groups is 1. The first-order valence-electron chi connectivity index (χ1n) is 17.2. The topological polar surface area (TPSA) is 378 Å². The Labute approximate surface area is 337 Å². The number of nitrogens with one attached hydrogen (secondary N) is 2. The smallest absolute Gasteiger partial charge is 0.423 e. The van der Waals surface area contributed by atoms with Gasteiger partial charge in [-0.15, -0.1) is 5.10 Å². The predicted octanol–water partition coefficient (Wildman–Crippen LogP) is -2.89. The molecule has 3 aromatic heterocycles. The number of aromatic nitrogens is 6. The molecule has 1 saturated heterocycles. The molecule has 0 spiro atoms. The number of amides is 2. The van der Waals surface area contributed by atoms with Crippen LogP contribution in [0.5, 0.6) is 0 Å². The van der Waals surface area contributed by atoms with Crippen molar-refractivity contribution in [2.75, 3.05) is 20.2 Å². The van der Waals surface area contributed by atoms with Gasteiger partial charge in [0, 0.05) is 44.2 Å². The van der Waals surface area contributed by atoms with Gasteiger partial charge in [-0.2, -0.15) is 8.62 Å². The number of phosphoric acid groups is 3. The number of para-hydroxylation sites is 1. The number of likely N-dealkylation sites (N-methyl/N-ethyl adjacent to an activating group) is 1. The molecule has 0 radical (unpaired) electrons. The summed E-state index contributed by atoms with van der Waals surface area (Å²) in [5, 5.41) is 40.9. The first-order valence-corrected chi connectivity index (χ1v) is 21.7. The van der Waals surface area contributed by atoms with Gasteiger partial charge in [0.25, 0.3) is 5.56 Å². The average molecular weight is 900 g/mol. The molecule has 2 unspecified atom stereocenters. The van der Waals surface area contributed by atoms with E-state index < -0.39 is 72.8 Å². The number of aliphatic hydroxyl groups is 1. The monoisotopic (exact) mass is 900 g/mol. The van der Waals surface area contributed by atoms with Crippen molar-refractivity contribution in [2.45, 2.75) is 50.8 Å².